The van der Waals surface area contributed by atoms with Gasteiger partial charge in [0.25, 0.3) is 0 Å². The maximum Gasteiger partial charge on any atom is 0.237 e. The van der Waals surface area contributed by atoms with Crippen LogP contribution in [0.4, 0.5) is 0 Å². The van der Waals surface area contributed by atoms with Gasteiger partial charge in [-0.05, 0) is 17.9 Å². The van der Waals surface area contributed by atoms with Crippen LogP contribution in [0.3, 0.4) is 0 Å². The summed E-state index contributed by atoms with van der Waals surface area (Å²) in [5, 5.41) is 11.8. The molecule has 3 nitrogen and oxygen atoms in total. The second-order valence-electron chi connectivity index (χ2n) is 4.51. The third-order valence-electron chi connectivity index (χ3n) is 2.44. The van der Waals surface area contributed by atoms with E-state index in [4.69, 9.17) is 5.26 Å². The fourth-order valence-corrected chi connectivity index (χ4v) is 1.47. The van der Waals surface area contributed by atoms with E-state index in [2.05, 4.69) is 11.4 Å². The van der Waals surface area contributed by atoms with Crippen molar-refractivity contribution >= 4 is 5.91 Å². The highest BCUT2D eigenvalue weighted by molar-refractivity contribution is 5.81. The Morgan fingerprint density at radius 3 is 2.53 bits per heavy atom. The fraction of sp³-hybridized carbons (Fsp3) is 0.429. The minimum Gasteiger partial charge on any atom is -0.355 e. The summed E-state index contributed by atoms with van der Waals surface area (Å²) in [5.41, 5.74) is 1.01. The zero-order chi connectivity index (χ0) is 12.7. The normalized spacial score (nSPS) is 11.9. The monoisotopic (exact) mass is 230 g/mol. The van der Waals surface area contributed by atoms with Crippen LogP contribution >= 0.6 is 0 Å². The maximum atomic E-state index is 11.7. The first-order valence-corrected chi connectivity index (χ1v) is 5.84. The molecule has 0 aliphatic heterocycles. The molecule has 1 aromatic rings. The van der Waals surface area contributed by atoms with E-state index in [0.717, 1.165) is 5.56 Å². The second-order valence-corrected chi connectivity index (χ2v) is 4.51. The Balaban J connectivity index is 2.55. The van der Waals surface area contributed by atoms with Crippen molar-refractivity contribution in [2.75, 3.05) is 6.54 Å². The van der Waals surface area contributed by atoms with E-state index in [1.54, 1.807) is 0 Å². The molecule has 90 valence electrons. The molecule has 0 fully saturated rings. The lowest BCUT2D eigenvalue weighted by molar-refractivity contribution is -0.123. The van der Waals surface area contributed by atoms with Crippen LogP contribution < -0.4 is 5.32 Å². The van der Waals surface area contributed by atoms with Crippen molar-refractivity contribution in [3.63, 3.8) is 0 Å². The molecule has 0 spiro atoms. The van der Waals surface area contributed by atoms with Gasteiger partial charge in [-0.15, -0.1) is 0 Å². The van der Waals surface area contributed by atoms with Crippen molar-refractivity contribution < 1.29 is 4.79 Å². The van der Waals surface area contributed by atoms with Gasteiger partial charge in [0.2, 0.25) is 5.91 Å². The lowest BCUT2D eigenvalue weighted by Crippen LogP contribution is -2.33. The molecule has 3 heteroatoms. The van der Waals surface area contributed by atoms with E-state index in [9.17, 15) is 4.79 Å². The molecule has 0 saturated carbocycles. The smallest absolute Gasteiger partial charge is 0.237 e. The zero-order valence-electron chi connectivity index (χ0n) is 10.3. The van der Waals surface area contributed by atoms with Crippen molar-refractivity contribution in [1.29, 1.82) is 5.26 Å². The Kier molecular flexibility index (Phi) is 5.22. The summed E-state index contributed by atoms with van der Waals surface area (Å²) in [5.74, 6) is -0.378. The first kappa shape index (κ1) is 13.2. The van der Waals surface area contributed by atoms with Crippen LogP contribution in [-0.4, -0.2) is 12.5 Å². The van der Waals surface area contributed by atoms with Gasteiger partial charge in [0, 0.05) is 6.54 Å². The molecule has 0 aliphatic carbocycles. The van der Waals surface area contributed by atoms with Crippen LogP contribution in [0.5, 0.6) is 0 Å². The largest absolute Gasteiger partial charge is 0.355 e. The Bertz CT molecular complexity index is 392. The Morgan fingerprint density at radius 2 is 2.00 bits per heavy atom. The molecule has 1 rings (SSSR count). The number of amides is 1. The minimum absolute atomic E-state index is 0.176. The van der Waals surface area contributed by atoms with Gasteiger partial charge in [-0.25, -0.2) is 0 Å². The highest BCUT2D eigenvalue weighted by atomic mass is 16.1. The SMILES string of the molecule is CC(C)CNC(=O)C(C#N)Cc1ccccc1. The van der Waals surface area contributed by atoms with Gasteiger partial charge < -0.3 is 5.32 Å². The molecule has 0 aromatic heterocycles. The molecular weight excluding hydrogens is 212 g/mol. The van der Waals surface area contributed by atoms with Crippen molar-refractivity contribution in [3.05, 3.63) is 35.9 Å². The van der Waals surface area contributed by atoms with Crippen LogP contribution in [0.15, 0.2) is 30.3 Å². The molecular formula is C14H18N2O. The number of rotatable bonds is 5. The number of carbonyl (C=O) groups is 1. The van der Waals surface area contributed by atoms with Gasteiger partial charge in [0.1, 0.15) is 5.92 Å². The van der Waals surface area contributed by atoms with Gasteiger partial charge in [-0.1, -0.05) is 44.2 Å². The minimum atomic E-state index is -0.601. The third-order valence-corrected chi connectivity index (χ3v) is 2.44. The van der Waals surface area contributed by atoms with Gasteiger partial charge in [0.15, 0.2) is 0 Å². The van der Waals surface area contributed by atoms with E-state index in [1.165, 1.54) is 0 Å². The maximum absolute atomic E-state index is 11.7. The summed E-state index contributed by atoms with van der Waals surface area (Å²) in [6.07, 6.45) is 0.473. The summed E-state index contributed by atoms with van der Waals surface area (Å²) in [6.45, 7) is 4.67. The van der Waals surface area contributed by atoms with Crippen molar-refractivity contribution in [2.45, 2.75) is 20.3 Å². The quantitative estimate of drug-likeness (QED) is 0.842. The number of nitrogens with zero attached hydrogens (tertiary/aromatic N) is 1. The number of hydrogen-bond acceptors (Lipinski definition) is 2. The van der Waals surface area contributed by atoms with E-state index in [1.807, 2.05) is 44.2 Å². The Hall–Kier alpha value is -1.82. The van der Waals surface area contributed by atoms with E-state index in [-0.39, 0.29) is 5.91 Å². The Labute approximate surface area is 102 Å². The lowest BCUT2D eigenvalue weighted by Gasteiger charge is -2.11. The first-order chi connectivity index (χ1) is 8.13. The predicted octanol–water partition coefficient (Wildman–Crippen LogP) is 2.14. The molecule has 0 bridgehead atoms. The standard InChI is InChI=1S/C14H18N2O/c1-11(2)10-16-14(17)13(9-15)8-12-6-4-3-5-7-12/h3-7,11,13H,8,10H2,1-2H3,(H,16,17). The summed E-state index contributed by atoms with van der Waals surface area (Å²) in [6, 6.07) is 11.7. The molecule has 1 N–H and O–H groups in total. The number of nitrogens with one attached hydrogen (secondary N) is 1. The van der Waals surface area contributed by atoms with Crippen LogP contribution in [-0.2, 0) is 11.2 Å². The average Bonchev–Trinajstić information content (AvgIpc) is 2.34. The van der Waals surface area contributed by atoms with Crippen molar-refractivity contribution in [2.24, 2.45) is 11.8 Å². The predicted molar refractivity (Wildman–Crippen MR) is 67.1 cm³/mol. The molecule has 17 heavy (non-hydrogen) atoms. The molecule has 1 unspecified atom stereocenters. The van der Waals surface area contributed by atoms with Crippen molar-refractivity contribution in [3.8, 4) is 6.07 Å². The summed E-state index contributed by atoms with van der Waals surface area (Å²) < 4.78 is 0. The number of carbonyl (C=O) groups excluding carboxylic acids is 1. The molecule has 0 aliphatic rings. The van der Waals surface area contributed by atoms with E-state index >= 15 is 0 Å². The van der Waals surface area contributed by atoms with E-state index < -0.39 is 5.92 Å². The van der Waals surface area contributed by atoms with Crippen LogP contribution in [0, 0.1) is 23.2 Å². The van der Waals surface area contributed by atoms with Gasteiger partial charge >= 0.3 is 0 Å². The molecule has 1 aromatic carbocycles. The Morgan fingerprint density at radius 1 is 1.35 bits per heavy atom. The lowest BCUT2D eigenvalue weighted by atomic mass is 10.00. The molecule has 0 radical (unpaired) electrons. The van der Waals surface area contributed by atoms with Gasteiger partial charge in [0.05, 0.1) is 6.07 Å². The molecule has 0 saturated heterocycles. The summed E-state index contributed by atoms with van der Waals surface area (Å²) in [4.78, 5) is 11.7. The second kappa shape index (κ2) is 6.70. The number of nitriles is 1. The van der Waals surface area contributed by atoms with Gasteiger partial charge in [-0.2, -0.15) is 5.26 Å². The van der Waals surface area contributed by atoms with Crippen molar-refractivity contribution in [1.82, 2.24) is 5.32 Å². The average molecular weight is 230 g/mol. The van der Waals surface area contributed by atoms with Gasteiger partial charge in [-0.3, -0.25) is 4.79 Å². The highest BCUT2D eigenvalue weighted by Crippen LogP contribution is 2.08. The topological polar surface area (TPSA) is 52.9 Å². The molecule has 1 amide bonds. The summed E-state index contributed by atoms with van der Waals surface area (Å²) in [7, 11) is 0. The fourth-order valence-electron chi connectivity index (χ4n) is 1.47. The third kappa shape index (κ3) is 4.69. The number of benzene rings is 1. The van der Waals surface area contributed by atoms with E-state index in [0.29, 0.717) is 18.9 Å². The van der Waals surface area contributed by atoms with Crippen LogP contribution in [0.1, 0.15) is 19.4 Å². The summed E-state index contributed by atoms with van der Waals surface area (Å²) >= 11 is 0. The first-order valence-electron chi connectivity index (χ1n) is 5.84. The highest BCUT2D eigenvalue weighted by Gasteiger charge is 2.17. The van der Waals surface area contributed by atoms with Crippen LogP contribution in [0.25, 0.3) is 0 Å². The molecule has 1 atom stereocenters. The number of hydrogen-bond donors (Lipinski definition) is 1. The zero-order valence-corrected chi connectivity index (χ0v) is 10.3. The van der Waals surface area contributed by atoms with Crippen LogP contribution in [0.2, 0.25) is 0 Å². The molecule has 0 heterocycles.